The Balaban J connectivity index is 1.98. The Morgan fingerprint density at radius 3 is 1.73 bits per heavy atom. The molecule has 11 heteroatoms. The molecule has 1 aliphatic heterocycles. The van der Waals surface area contributed by atoms with E-state index in [4.69, 9.17) is 14.0 Å². The molecule has 1 aliphatic rings. The van der Waals surface area contributed by atoms with E-state index in [2.05, 4.69) is 22.1 Å². The zero-order chi connectivity index (χ0) is 30.2. The molecule has 0 bridgehead atoms. The second-order valence-electron chi connectivity index (χ2n) is 11.7. The maximum atomic E-state index is 12.0. The standard InChI is InChI=1S/C30H62BN2O7P/c1-4-5-6-7-8-9-10-11-12-13-14-17-20-23-32-30(34)33-24-21-18-15-16-19-22-26-28(40-41(35,36)38-3)27(25-37-2)39-29(26)31/h26-29H,4-25,31H2,1-3H3,(H,35,36)(H2,32,33,34)/t26-,27+,28?,29+/m0/s1. The van der Waals surface area contributed by atoms with Crippen LogP contribution in [0, 0.1) is 5.92 Å². The number of urea groups is 1. The van der Waals surface area contributed by atoms with Crippen LogP contribution in [0.2, 0.25) is 0 Å². The fraction of sp³-hybridized carbons (Fsp3) is 0.967. The van der Waals surface area contributed by atoms with E-state index in [1.807, 2.05) is 7.85 Å². The van der Waals surface area contributed by atoms with Crippen LogP contribution < -0.4 is 10.6 Å². The van der Waals surface area contributed by atoms with Crippen LogP contribution in [0.4, 0.5) is 4.79 Å². The third kappa shape index (κ3) is 19.3. The van der Waals surface area contributed by atoms with Gasteiger partial charge in [-0.25, -0.2) is 9.36 Å². The van der Waals surface area contributed by atoms with Crippen LogP contribution in [0.25, 0.3) is 0 Å². The fourth-order valence-electron chi connectivity index (χ4n) is 5.68. The van der Waals surface area contributed by atoms with Crippen LogP contribution in [0.3, 0.4) is 0 Å². The zero-order valence-electron chi connectivity index (χ0n) is 26.7. The van der Waals surface area contributed by atoms with E-state index in [1.165, 1.54) is 84.2 Å². The van der Waals surface area contributed by atoms with Gasteiger partial charge in [0.25, 0.3) is 0 Å². The summed E-state index contributed by atoms with van der Waals surface area (Å²) in [6, 6.07) is -0.146. The molecule has 1 rings (SSSR count). The van der Waals surface area contributed by atoms with Crippen molar-refractivity contribution in [2.75, 3.05) is 33.9 Å². The lowest BCUT2D eigenvalue weighted by Crippen LogP contribution is -2.36. The molecule has 41 heavy (non-hydrogen) atoms. The van der Waals surface area contributed by atoms with Gasteiger partial charge in [-0.3, -0.25) is 9.05 Å². The zero-order valence-corrected chi connectivity index (χ0v) is 27.6. The third-order valence-electron chi connectivity index (χ3n) is 8.16. The molecule has 2 amide bonds. The second-order valence-corrected chi connectivity index (χ2v) is 13.2. The van der Waals surface area contributed by atoms with E-state index in [0.717, 1.165) is 51.5 Å². The first-order valence-electron chi connectivity index (χ1n) is 16.6. The van der Waals surface area contributed by atoms with Crippen LogP contribution in [0.1, 0.15) is 129 Å². The van der Waals surface area contributed by atoms with Gasteiger partial charge in [0.2, 0.25) is 0 Å². The maximum absolute atomic E-state index is 12.0. The molecule has 0 aliphatic carbocycles. The number of methoxy groups -OCH3 is 1. The predicted molar refractivity (Wildman–Crippen MR) is 169 cm³/mol. The maximum Gasteiger partial charge on any atom is 0.472 e. The average Bonchev–Trinajstić information content (AvgIpc) is 3.23. The molecular formula is C30H62BN2O7P. The Morgan fingerprint density at radius 2 is 1.27 bits per heavy atom. The van der Waals surface area contributed by atoms with E-state index >= 15 is 0 Å². The van der Waals surface area contributed by atoms with E-state index < -0.39 is 20.0 Å². The SMILES string of the molecule is B[C@@H]1O[C@H](COC)C(OP(=O)(O)OC)[C@@H]1CCCCCCCNC(=O)NCCCCCCCCCCCCCCC. The van der Waals surface area contributed by atoms with Crippen LogP contribution in [-0.4, -0.2) is 70.9 Å². The van der Waals surface area contributed by atoms with Crippen LogP contribution >= 0.6 is 7.82 Å². The average molecular weight is 605 g/mol. The number of hydrogen-bond acceptors (Lipinski definition) is 6. The lowest BCUT2D eigenvalue weighted by Gasteiger charge is -2.25. The van der Waals surface area contributed by atoms with Gasteiger partial charge in [-0.1, -0.05) is 110 Å². The number of phosphoric acid groups is 1. The molecule has 2 unspecified atom stereocenters. The molecule has 5 atom stereocenters. The largest absolute Gasteiger partial charge is 0.472 e. The predicted octanol–water partition coefficient (Wildman–Crippen LogP) is 6.47. The van der Waals surface area contributed by atoms with Crippen molar-refractivity contribution in [3.63, 3.8) is 0 Å². The van der Waals surface area contributed by atoms with Crippen molar-refractivity contribution in [3.05, 3.63) is 0 Å². The summed E-state index contributed by atoms with van der Waals surface area (Å²) in [5.74, 6) is 0.00559. The number of carbonyl (C=O) groups is 1. The Kier molecular flexibility index (Phi) is 23.2. The Hall–Kier alpha value is -0.635. The number of nitrogens with one attached hydrogen (secondary N) is 2. The van der Waals surface area contributed by atoms with Crippen molar-refractivity contribution in [1.82, 2.24) is 10.6 Å². The molecule has 0 aromatic heterocycles. The van der Waals surface area contributed by atoms with Gasteiger partial charge >= 0.3 is 13.9 Å². The number of amides is 2. The monoisotopic (exact) mass is 604 g/mol. The second kappa shape index (κ2) is 24.8. The van der Waals surface area contributed by atoms with Crippen molar-refractivity contribution in [1.29, 1.82) is 0 Å². The molecule has 1 saturated heterocycles. The highest BCUT2D eigenvalue weighted by molar-refractivity contribution is 7.47. The van der Waals surface area contributed by atoms with Crippen LogP contribution in [-0.2, 0) is 23.1 Å². The summed E-state index contributed by atoms with van der Waals surface area (Å²) in [6.07, 6.45) is 22.3. The molecule has 0 saturated carbocycles. The minimum absolute atomic E-state index is 0.00559. The van der Waals surface area contributed by atoms with Gasteiger partial charge in [0, 0.05) is 39.2 Å². The molecule has 242 valence electrons. The minimum atomic E-state index is -4.11. The summed E-state index contributed by atoms with van der Waals surface area (Å²) in [5.41, 5.74) is 0. The lowest BCUT2D eigenvalue weighted by molar-refractivity contribution is -0.0194. The number of ether oxygens (including phenoxy) is 2. The Labute approximate surface area is 252 Å². The van der Waals surface area contributed by atoms with Crippen molar-refractivity contribution >= 4 is 21.7 Å². The summed E-state index contributed by atoms with van der Waals surface area (Å²) in [5, 5.41) is 5.94. The summed E-state index contributed by atoms with van der Waals surface area (Å²) in [4.78, 5) is 21.8. The highest BCUT2D eigenvalue weighted by Gasteiger charge is 2.45. The normalized spacial score (nSPS) is 22.0. The molecular weight excluding hydrogens is 542 g/mol. The smallest absolute Gasteiger partial charge is 0.382 e. The van der Waals surface area contributed by atoms with Gasteiger partial charge in [-0.15, -0.1) is 0 Å². The molecule has 0 aromatic rings. The number of rotatable bonds is 27. The quantitative estimate of drug-likeness (QED) is 0.0559. The third-order valence-corrected chi connectivity index (χ3v) is 9.13. The van der Waals surface area contributed by atoms with Crippen molar-refractivity contribution < 1.29 is 32.8 Å². The highest BCUT2D eigenvalue weighted by Crippen LogP contribution is 2.48. The summed E-state index contributed by atoms with van der Waals surface area (Å²) in [6.45, 7) is 4.01. The molecule has 1 heterocycles. The highest BCUT2D eigenvalue weighted by atomic mass is 31.2. The minimum Gasteiger partial charge on any atom is -0.382 e. The molecule has 3 N–H and O–H groups in total. The van der Waals surface area contributed by atoms with Gasteiger partial charge < -0.3 is 25.0 Å². The van der Waals surface area contributed by atoms with Crippen molar-refractivity contribution in [3.8, 4) is 0 Å². The molecule has 0 radical (unpaired) electrons. The van der Waals surface area contributed by atoms with Gasteiger partial charge in [-0.2, -0.15) is 0 Å². The summed E-state index contributed by atoms with van der Waals surface area (Å²) in [7, 11) is 0.604. The number of unbranched alkanes of at least 4 members (excludes halogenated alkanes) is 16. The number of hydrogen-bond donors (Lipinski definition) is 3. The van der Waals surface area contributed by atoms with Crippen LogP contribution in [0.5, 0.6) is 0 Å². The van der Waals surface area contributed by atoms with Crippen molar-refractivity contribution in [2.45, 2.75) is 147 Å². The first-order chi connectivity index (χ1) is 19.8. The van der Waals surface area contributed by atoms with Crippen molar-refractivity contribution in [2.24, 2.45) is 5.92 Å². The number of carbonyl (C=O) groups excluding carboxylic acids is 1. The molecule has 0 aromatic carbocycles. The summed E-state index contributed by atoms with van der Waals surface area (Å²) >= 11 is 0. The van der Waals surface area contributed by atoms with Gasteiger partial charge in [-0.05, 0) is 19.3 Å². The fourth-order valence-corrected chi connectivity index (χ4v) is 6.37. The van der Waals surface area contributed by atoms with Gasteiger partial charge in [0.15, 0.2) is 0 Å². The Bertz CT molecular complexity index is 691. The topological polar surface area (TPSA) is 115 Å². The summed E-state index contributed by atoms with van der Waals surface area (Å²) < 4.78 is 33.3. The van der Waals surface area contributed by atoms with E-state index in [0.29, 0.717) is 13.2 Å². The first-order valence-corrected chi connectivity index (χ1v) is 18.1. The van der Waals surface area contributed by atoms with E-state index in [-0.39, 0.29) is 18.0 Å². The van der Waals surface area contributed by atoms with Gasteiger partial charge in [0.1, 0.15) is 20.1 Å². The van der Waals surface area contributed by atoms with Gasteiger partial charge in [0.05, 0.1) is 6.61 Å². The molecule has 1 fully saturated rings. The van der Waals surface area contributed by atoms with E-state index in [1.54, 1.807) is 7.11 Å². The molecule has 0 spiro atoms. The Morgan fingerprint density at radius 1 is 0.805 bits per heavy atom. The van der Waals surface area contributed by atoms with Crippen LogP contribution in [0.15, 0.2) is 0 Å². The first kappa shape index (κ1) is 38.4. The van der Waals surface area contributed by atoms with E-state index in [9.17, 15) is 14.3 Å². The molecule has 9 nitrogen and oxygen atoms in total. The number of phosphoric ester groups is 1. The lowest BCUT2D eigenvalue weighted by atomic mass is 9.81.